The van der Waals surface area contributed by atoms with Gasteiger partial charge in [-0.2, -0.15) is 4.98 Å². The molecule has 26 heavy (non-hydrogen) atoms. The zero-order valence-corrected chi connectivity index (χ0v) is 15.3. The Morgan fingerprint density at radius 1 is 1.23 bits per heavy atom. The first-order chi connectivity index (χ1) is 12.4. The molecule has 0 saturated carbocycles. The van der Waals surface area contributed by atoms with E-state index in [1.165, 1.54) is 6.92 Å². The van der Waals surface area contributed by atoms with Crippen LogP contribution in [0.1, 0.15) is 44.2 Å². The number of benzene rings is 1. The quantitative estimate of drug-likeness (QED) is 0.756. The third-order valence-electron chi connectivity index (χ3n) is 3.63. The van der Waals surface area contributed by atoms with Crippen LogP contribution in [0.4, 0.5) is 4.79 Å². The molecule has 0 aliphatic rings. The van der Waals surface area contributed by atoms with E-state index < -0.39 is 24.2 Å². The molecule has 1 N–H and O–H groups in total. The van der Waals surface area contributed by atoms with Crippen LogP contribution in [0.2, 0.25) is 0 Å². The van der Waals surface area contributed by atoms with Gasteiger partial charge in [0, 0.05) is 13.8 Å². The number of esters is 1. The van der Waals surface area contributed by atoms with Crippen LogP contribution in [0.5, 0.6) is 0 Å². The summed E-state index contributed by atoms with van der Waals surface area (Å²) < 4.78 is 15.6. The van der Waals surface area contributed by atoms with Crippen molar-refractivity contribution in [3.8, 4) is 0 Å². The molecule has 0 spiro atoms. The predicted molar refractivity (Wildman–Crippen MR) is 91.9 cm³/mol. The summed E-state index contributed by atoms with van der Waals surface area (Å²) in [4.78, 5) is 27.8. The molecular weight excluding hydrogens is 338 g/mol. The van der Waals surface area contributed by atoms with Gasteiger partial charge in [0.25, 0.3) is 0 Å². The summed E-state index contributed by atoms with van der Waals surface area (Å²) >= 11 is 0. The van der Waals surface area contributed by atoms with E-state index in [2.05, 4.69) is 15.5 Å². The topological polar surface area (TPSA) is 104 Å². The Balaban J connectivity index is 2.08. The standard InChI is InChI=1S/C18H23N3O5/c1-11(2)15(16(25-13(4)22)17-19-12(3)26-21-17)20-18(23)24-10-14-8-6-5-7-9-14/h5-9,11,15-16H,10H2,1-4H3,(H,20,23)/t15-,16?/m0/s1. The minimum absolute atomic E-state index is 0.0811. The van der Waals surface area contributed by atoms with Crippen molar-refractivity contribution in [1.82, 2.24) is 15.5 Å². The van der Waals surface area contributed by atoms with Crippen LogP contribution in [0.3, 0.4) is 0 Å². The molecule has 1 aromatic carbocycles. The highest BCUT2D eigenvalue weighted by Crippen LogP contribution is 2.24. The van der Waals surface area contributed by atoms with Gasteiger partial charge >= 0.3 is 12.1 Å². The number of hydrogen-bond acceptors (Lipinski definition) is 7. The minimum Gasteiger partial charge on any atom is -0.452 e. The molecule has 8 nitrogen and oxygen atoms in total. The van der Waals surface area contributed by atoms with Crippen molar-refractivity contribution in [2.75, 3.05) is 0 Å². The van der Waals surface area contributed by atoms with Crippen LogP contribution in [0.15, 0.2) is 34.9 Å². The highest BCUT2D eigenvalue weighted by atomic mass is 16.6. The summed E-state index contributed by atoms with van der Waals surface area (Å²) in [6, 6.07) is 8.74. The van der Waals surface area contributed by atoms with Gasteiger partial charge < -0.3 is 19.3 Å². The van der Waals surface area contributed by atoms with Crippen molar-refractivity contribution in [3.63, 3.8) is 0 Å². The number of nitrogens with one attached hydrogen (secondary N) is 1. The van der Waals surface area contributed by atoms with E-state index >= 15 is 0 Å². The van der Waals surface area contributed by atoms with E-state index in [1.54, 1.807) is 6.92 Å². The van der Waals surface area contributed by atoms with E-state index in [1.807, 2.05) is 44.2 Å². The smallest absolute Gasteiger partial charge is 0.407 e. The molecule has 140 valence electrons. The Morgan fingerprint density at radius 2 is 1.92 bits per heavy atom. The molecule has 2 rings (SSSR count). The van der Waals surface area contributed by atoms with E-state index in [-0.39, 0.29) is 18.3 Å². The molecule has 2 aromatic rings. The van der Waals surface area contributed by atoms with Gasteiger partial charge in [-0.25, -0.2) is 4.79 Å². The number of carbonyl (C=O) groups is 2. The molecule has 1 aromatic heterocycles. The fourth-order valence-corrected chi connectivity index (χ4v) is 2.39. The first-order valence-corrected chi connectivity index (χ1v) is 8.31. The molecule has 1 amide bonds. The van der Waals surface area contributed by atoms with Crippen LogP contribution in [0, 0.1) is 12.8 Å². The summed E-state index contributed by atoms with van der Waals surface area (Å²) in [5.74, 6) is -0.0592. The summed E-state index contributed by atoms with van der Waals surface area (Å²) in [5.41, 5.74) is 0.870. The predicted octanol–water partition coefficient (Wildman–Crippen LogP) is 2.93. The van der Waals surface area contributed by atoms with E-state index in [4.69, 9.17) is 14.0 Å². The molecular formula is C18H23N3O5. The molecule has 0 aliphatic carbocycles. The zero-order chi connectivity index (χ0) is 19.1. The maximum Gasteiger partial charge on any atom is 0.407 e. The lowest BCUT2D eigenvalue weighted by Crippen LogP contribution is -2.44. The van der Waals surface area contributed by atoms with Gasteiger partial charge in [-0.15, -0.1) is 0 Å². The normalized spacial score (nSPS) is 13.1. The van der Waals surface area contributed by atoms with Crippen molar-refractivity contribution in [1.29, 1.82) is 0 Å². The summed E-state index contributed by atoms with van der Waals surface area (Å²) in [5, 5.41) is 6.56. The van der Waals surface area contributed by atoms with Crippen LogP contribution in [0.25, 0.3) is 0 Å². The Kier molecular flexibility index (Phi) is 6.71. The molecule has 0 fully saturated rings. The number of hydrogen-bond donors (Lipinski definition) is 1. The van der Waals surface area contributed by atoms with Crippen LogP contribution < -0.4 is 5.32 Å². The number of alkyl carbamates (subject to hydrolysis) is 1. The molecule has 1 unspecified atom stereocenters. The number of carbonyl (C=O) groups excluding carboxylic acids is 2. The SMILES string of the molecule is CC(=O)OC(c1noc(C)n1)[C@@H](NC(=O)OCc1ccccc1)C(C)C. The Labute approximate surface area is 151 Å². The second kappa shape index (κ2) is 8.98. The molecule has 0 bridgehead atoms. The van der Waals surface area contributed by atoms with Gasteiger partial charge in [0.2, 0.25) is 11.7 Å². The van der Waals surface area contributed by atoms with Crippen molar-refractivity contribution in [2.45, 2.75) is 46.4 Å². The Bertz CT molecular complexity index is 729. The largest absolute Gasteiger partial charge is 0.452 e. The molecule has 8 heteroatoms. The van der Waals surface area contributed by atoms with Gasteiger partial charge in [-0.05, 0) is 11.5 Å². The molecule has 0 aliphatic heterocycles. The highest BCUT2D eigenvalue weighted by molar-refractivity contribution is 5.68. The van der Waals surface area contributed by atoms with Crippen LogP contribution in [-0.2, 0) is 20.9 Å². The first-order valence-electron chi connectivity index (χ1n) is 8.31. The average Bonchev–Trinajstić information content (AvgIpc) is 3.03. The lowest BCUT2D eigenvalue weighted by molar-refractivity contribution is -0.149. The number of aryl methyl sites for hydroxylation is 1. The van der Waals surface area contributed by atoms with Gasteiger partial charge in [-0.3, -0.25) is 4.79 Å². The fourth-order valence-electron chi connectivity index (χ4n) is 2.39. The van der Waals surface area contributed by atoms with Gasteiger partial charge in [0.1, 0.15) is 6.61 Å². The summed E-state index contributed by atoms with van der Waals surface area (Å²) in [7, 11) is 0. The average molecular weight is 361 g/mol. The third-order valence-corrected chi connectivity index (χ3v) is 3.63. The Morgan fingerprint density at radius 3 is 2.46 bits per heavy atom. The molecule has 1 heterocycles. The number of rotatable bonds is 7. The second-order valence-electron chi connectivity index (χ2n) is 6.18. The molecule has 0 radical (unpaired) electrons. The van der Waals surface area contributed by atoms with Crippen molar-refractivity contribution in [2.24, 2.45) is 5.92 Å². The summed E-state index contributed by atoms with van der Waals surface area (Å²) in [6.07, 6.45) is -1.50. The van der Waals surface area contributed by atoms with E-state index in [0.717, 1.165) is 5.56 Å². The van der Waals surface area contributed by atoms with Crippen molar-refractivity contribution in [3.05, 3.63) is 47.6 Å². The number of amides is 1. The fraction of sp³-hybridized carbons (Fsp3) is 0.444. The van der Waals surface area contributed by atoms with Crippen molar-refractivity contribution >= 4 is 12.1 Å². The van der Waals surface area contributed by atoms with Gasteiger partial charge in [0.05, 0.1) is 6.04 Å². The lowest BCUT2D eigenvalue weighted by Gasteiger charge is -2.28. The van der Waals surface area contributed by atoms with Crippen molar-refractivity contribution < 1.29 is 23.6 Å². The minimum atomic E-state index is -0.880. The maximum absolute atomic E-state index is 12.2. The van der Waals surface area contributed by atoms with Crippen LogP contribution >= 0.6 is 0 Å². The number of nitrogens with zero attached hydrogens (tertiary/aromatic N) is 2. The van der Waals surface area contributed by atoms with Crippen LogP contribution in [-0.4, -0.2) is 28.2 Å². The van der Waals surface area contributed by atoms with E-state index in [9.17, 15) is 9.59 Å². The Hall–Kier alpha value is -2.90. The van der Waals surface area contributed by atoms with Gasteiger partial charge in [-0.1, -0.05) is 49.3 Å². The third kappa shape index (κ3) is 5.58. The van der Waals surface area contributed by atoms with Gasteiger partial charge in [0.15, 0.2) is 6.10 Å². The number of aromatic nitrogens is 2. The zero-order valence-electron chi connectivity index (χ0n) is 15.3. The summed E-state index contributed by atoms with van der Waals surface area (Å²) in [6.45, 7) is 6.81. The molecule has 0 saturated heterocycles. The monoisotopic (exact) mass is 361 g/mol. The van der Waals surface area contributed by atoms with E-state index in [0.29, 0.717) is 5.89 Å². The number of ether oxygens (including phenoxy) is 2. The highest BCUT2D eigenvalue weighted by Gasteiger charge is 2.34. The lowest BCUT2D eigenvalue weighted by atomic mass is 9.98. The first kappa shape index (κ1) is 19.4. The molecule has 2 atom stereocenters. The maximum atomic E-state index is 12.2. The second-order valence-corrected chi connectivity index (χ2v) is 6.18.